The van der Waals surface area contributed by atoms with Gasteiger partial charge in [0.15, 0.2) is 11.5 Å². The van der Waals surface area contributed by atoms with Gasteiger partial charge in [0, 0.05) is 18.7 Å². The van der Waals surface area contributed by atoms with E-state index in [1.807, 2.05) is 6.07 Å². The smallest absolute Gasteiger partial charge is 0.277 e. The van der Waals surface area contributed by atoms with Gasteiger partial charge in [0.25, 0.3) is 5.22 Å². The topological polar surface area (TPSA) is 95.7 Å². The van der Waals surface area contributed by atoms with Crippen LogP contribution >= 0.6 is 11.8 Å². The van der Waals surface area contributed by atoms with Crippen LogP contribution in [-0.4, -0.2) is 47.9 Å². The molecule has 1 saturated heterocycles. The van der Waals surface area contributed by atoms with E-state index >= 15 is 0 Å². The lowest BCUT2D eigenvalue weighted by molar-refractivity contribution is -0.119. The first kappa shape index (κ1) is 16.2. The maximum atomic E-state index is 11.9. The number of carbonyl (C=O) groups is 1. The molecule has 0 radical (unpaired) electrons. The summed E-state index contributed by atoms with van der Waals surface area (Å²) in [5.74, 6) is 1.86. The summed E-state index contributed by atoms with van der Waals surface area (Å²) in [6.45, 7) is 1.54. The molecule has 2 aromatic rings. The van der Waals surface area contributed by atoms with Crippen LogP contribution in [0.3, 0.4) is 0 Å². The van der Waals surface area contributed by atoms with Crippen molar-refractivity contribution in [1.82, 2.24) is 15.5 Å². The summed E-state index contributed by atoms with van der Waals surface area (Å²) in [7, 11) is 0. The molecule has 1 amide bonds. The molecule has 1 aromatic heterocycles. The summed E-state index contributed by atoms with van der Waals surface area (Å²) in [5, 5.41) is 11.2. The zero-order chi connectivity index (χ0) is 17.1. The van der Waals surface area contributed by atoms with E-state index in [1.165, 1.54) is 11.8 Å². The van der Waals surface area contributed by atoms with Gasteiger partial charge in [-0.25, -0.2) is 0 Å². The second kappa shape index (κ2) is 7.32. The van der Waals surface area contributed by atoms with Crippen molar-refractivity contribution in [2.24, 2.45) is 0 Å². The lowest BCUT2D eigenvalue weighted by Crippen LogP contribution is -2.32. The van der Waals surface area contributed by atoms with Crippen LogP contribution in [0.15, 0.2) is 27.8 Å². The van der Waals surface area contributed by atoms with Gasteiger partial charge in [0.05, 0.1) is 11.9 Å². The van der Waals surface area contributed by atoms with Crippen molar-refractivity contribution in [3.05, 3.63) is 18.2 Å². The molecule has 1 atom stereocenters. The van der Waals surface area contributed by atoms with Crippen LogP contribution in [0.5, 0.6) is 11.5 Å². The first-order valence-electron chi connectivity index (χ1n) is 8.02. The quantitative estimate of drug-likeness (QED) is 0.777. The average Bonchev–Trinajstić information content (AvgIpc) is 3.39. The number of amides is 1. The molecule has 2 aliphatic heterocycles. The zero-order valence-electron chi connectivity index (χ0n) is 13.4. The van der Waals surface area contributed by atoms with E-state index in [0.29, 0.717) is 29.2 Å². The third-order valence-corrected chi connectivity index (χ3v) is 4.72. The maximum Gasteiger partial charge on any atom is 0.277 e. The van der Waals surface area contributed by atoms with Crippen LogP contribution in [0.4, 0.5) is 0 Å². The molecular formula is C16H17N3O5S. The molecule has 25 heavy (non-hydrogen) atoms. The highest BCUT2D eigenvalue weighted by Gasteiger charge is 2.18. The minimum atomic E-state index is -0.0803. The largest absolute Gasteiger partial charge is 0.454 e. The number of aromatic nitrogens is 2. The Bertz CT molecular complexity index is 760. The fraction of sp³-hybridized carbons (Fsp3) is 0.438. The molecule has 0 bridgehead atoms. The molecule has 1 unspecified atom stereocenters. The monoisotopic (exact) mass is 363 g/mol. The van der Waals surface area contributed by atoms with Crippen molar-refractivity contribution in [1.29, 1.82) is 0 Å². The van der Waals surface area contributed by atoms with E-state index < -0.39 is 0 Å². The minimum Gasteiger partial charge on any atom is -0.454 e. The average molecular weight is 363 g/mol. The number of nitrogens with one attached hydrogen (secondary N) is 1. The van der Waals surface area contributed by atoms with Crippen molar-refractivity contribution in [2.45, 2.75) is 24.2 Å². The summed E-state index contributed by atoms with van der Waals surface area (Å²) in [4.78, 5) is 11.9. The Balaban J connectivity index is 1.30. The highest BCUT2D eigenvalue weighted by atomic mass is 32.2. The van der Waals surface area contributed by atoms with Gasteiger partial charge in [-0.1, -0.05) is 11.8 Å². The number of ether oxygens (including phenoxy) is 3. The van der Waals surface area contributed by atoms with E-state index in [1.54, 1.807) is 12.1 Å². The van der Waals surface area contributed by atoms with Gasteiger partial charge in [-0.3, -0.25) is 4.79 Å². The molecular weight excluding hydrogens is 346 g/mol. The molecule has 8 nitrogen and oxygen atoms in total. The van der Waals surface area contributed by atoms with Crippen molar-refractivity contribution < 1.29 is 23.4 Å². The standard InChI is InChI=1S/C16H17N3O5S/c20-14(17-7-11-2-1-5-21-11)8-25-16-19-18-15(24-16)10-3-4-12-13(6-10)23-9-22-12/h3-4,6,11H,1-2,5,7-9H2,(H,17,20). The van der Waals surface area contributed by atoms with Gasteiger partial charge in [-0.05, 0) is 31.0 Å². The van der Waals surface area contributed by atoms with E-state index in [-0.39, 0.29) is 24.6 Å². The van der Waals surface area contributed by atoms with Crippen LogP contribution in [0.25, 0.3) is 11.5 Å². The number of benzene rings is 1. The molecule has 1 N–H and O–H groups in total. The minimum absolute atomic E-state index is 0.0803. The molecule has 0 spiro atoms. The SMILES string of the molecule is O=C(CSc1nnc(-c2ccc3c(c2)OCO3)o1)NCC1CCCO1. The Morgan fingerprint density at radius 1 is 1.28 bits per heavy atom. The summed E-state index contributed by atoms with van der Waals surface area (Å²) >= 11 is 1.20. The first-order valence-corrected chi connectivity index (χ1v) is 9.01. The lowest BCUT2D eigenvalue weighted by atomic mass is 10.2. The normalized spacial score (nSPS) is 18.5. The first-order chi connectivity index (χ1) is 12.3. The molecule has 4 rings (SSSR count). The third-order valence-electron chi connectivity index (χ3n) is 3.90. The Kier molecular flexibility index (Phi) is 4.75. The zero-order valence-corrected chi connectivity index (χ0v) is 14.2. The highest BCUT2D eigenvalue weighted by molar-refractivity contribution is 7.99. The van der Waals surface area contributed by atoms with E-state index in [9.17, 15) is 4.79 Å². The fourth-order valence-electron chi connectivity index (χ4n) is 2.63. The van der Waals surface area contributed by atoms with Gasteiger partial charge in [-0.2, -0.15) is 0 Å². The Labute approximate surface area is 148 Å². The number of carbonyl (C=O) groups excluding carboxylic acids is 1. The number of thioether (sulfide) groups is 1. The number of fused-ring (bicyclic) bond motifs is 1. The second-order valence-corrected chi connectivity index (χ2v) is 6.60. The van der Waals surface area contributed by atoms with Crippen molar-refractivity contribution in [2.75, 3.05) is 25.7 Å². The molecule has 0 saturated carbocycles. The van der Waals surface area contributed by atoms with Crippen LogP contribution in [-0.2, 0) is 9.53 Å². The van der Waals surface area contributed by atoms with Crippen molar-refractivity contribution >= 4 is 17.7 Å². The maximum absolute atomic E-state index is 11.9. The Morgan fingerprint density at radius 3 is 3.08 bits per heavy atom. The number of hydrogen-bond donors (Lipinski definition) is 1. The van der Waals surface area contributed by atoms with Crippen molar-refractivity contribution in [3.63, 3.8) is 0 Å². The highest BCUT2D eigenvalue weighted by Crippen LogP contribution is 2.35. The van der Waals surface area contributed by atoms with Crippen molar-refractivity contribution in [3.8, 4) is 23.0 Å². The fourth-order valence-corrected chi connectivity index (χ4v) is 3.22. The molecule has 1 aromatic carbocycles. The lowest BCUT2D eigenvalue weighted by Gasteiger charge is -2.09. The van der Waals surface area contributed by atoms with Gasteiger partial charge < -0.3 is 23.9 Å². The molecule has 0 aliphatic carbocycles. The van der Waals surface area contributed by atoms with Crippen LogP contribution in [0, 0.1) is 0 Å². The predicted octanol–water partition coefficient (Wildman–Crippen LogP) is 1.85. The molecule has 132 valence electrons. The van der Waals surface area contributed by atoms with E-state index in [0.717, 1.165) is 25.0 Å². The molecule has 3 heterocycles. The Hall–Kier alpha value is -2.26. The number of rotatable bonds is 6. The van der Waals surface area contributed by atoms with E-state index in [4.69, 9.17) is 18.6 Å². The third kappa shape index (κ3) is 3.88. The van der Waals surface area contributed by atoms with Crippen LogP contribution < -0.4 is 14.8 Å². The van der Waals surface area contributed by atoms with Crippen LogP contribution in [0.2, 0.25) is 0 Å². The predicted molar refractivity (Wildman–Crippen MR) is 88.6 cm³/mol. The molecule has 1 fully saturated rings. The summed E-state index contributed by atoms with van der Waals surface area (Å²) in [5.41, 5.74) is 0.742. The van der Waals surface area contributed by atoms with Gasteiger partial charge in [-0.15, -0.1) is 10.2 Å². The summed E-state index contributed by atoms with van der Waals surface area (Å²) in [6, 6.07) is 5.41. The number of hydrogen-bond acceptors (Lipinski definition) is 8. The number of nitrogens with zero attached hydrogens (tertiary/aromatic N) is 2. The molecule has 2 aliphatic rings. The van der Waals surface area contributed by atoms with Crippen LogP contribution in [0.1, 0.15) is 12.8 Å². The Morgan fingerprint density at radius 2 is 2.20 bits per heavy atom. The summed E-state index contributed by atoms with van der Waals surface area (Å²) in [6.07, 6.45) is 2.19. The molecule has 9 heteroatoms. The summed E-state index contributed by atoms with van der Waals surface area (Å²) < 4.78 is 21.7. The van der Waals surface area contributed by atoms with Gasteiger partial charge >= 0.3 is 0 Å². The van der Waals surface area contributed by atoms with Gasteiger partial charge in [0.2, 0.25) is 18.6 Å². The van der Waals surface area contributed by atoms with E-state index in [2.05, 4.69) is 15.5 Å². The second-order valence-electron chi connectivity index (χ2n) is 5.67. The van der Waals surface area contributed by atoms with Gasteiger partial charge in [0.1, 0.15) is 0 Å².